The molecule has 5 heteroatoms. The summed E-state index contributed by atoms with van der Waals surface area (Å²) in [6.07, 6.45) is 0.713. The number of benzene rings is 1. The molecule has 0 aliphatic carbocycles. The molecule has 1 rings (SSSR count). The van der Waals surface area contributed by atoms with Crippen LogP contribution in [-0.2, 0) is 0 Å². The van der Waals surface area contributed by atoms with Crippen LogP contribution in [0.15, 0.2) is 18.2 Å². The molecule has 100 valence electrons. The second-order valence-corrected chi connectivity index (χ2v) is 4.61. The van der Waals surface area contributed by atoms with Crippen molar-refractivity contribution in [3.05, 3.63) is 23.8 Å². The lowest BCUT2D eigenvalue weighted by molar-refractivity contribution is 0.0947. The van der Waals surface area contributed by atoms with Crippen molar-refractivity contribution in [2.45, 2.75) is 18.7 Å². The highest BCUT2D eigenvalue weighted by atomic mass is 35.5. The van der Waals surface area contributed by atoms with Crippen LogP contribution < -0.4 is 14.8 Å². The highest BCUT2D eigenvalue weighted by molar-refractivity contribution is 6.20. The molecule has 0 aliphatic heterocycles. The maximum Gasteiger partial charge on any atom is 0.258 e. The van der Waals surface area contributed by atoms with Crippen molar-refractivity contribution in [1.82, 2.24) is 5.32 Å². The Labute approximate surface area is 112 Å². The third-order valence-corrected chi connectivity index (χ3v) is 2.70. The number of amides is 1. The number of nitrogens with one attached hydrogen (secondary N) is 1. The number of carbonyl (C=O) groups excluding carboxylic acids is 1. The van der Waals surface area contributed by atoms with Crippen molar-refractivity contribution in [1.29, 1.82) is 0 Å². The second kappa shape index (κ2) is 7.11. The maximum atomic E-state index is 12.1. The first-order chi connectivity index (χ1) is 8.60. The standard InChI is InChI=1S/C13H18ClNO3/c1-9(14)7-8-15-13(16)12-10(17-2)5-4-6-11(12)18-3/h4-6,9H,7-8H2,1-3H3,(H,15,16). The van der Waals surface area contributed by atoms with Gasteiger partial charge in [-0.1, -0.05) is 6.07 Å². The van der Waals surface area contributed by atoms with Gasteiger partial charge in [-0.2, -0.15) is 0 Å². The van der Waals surface area contributed by atoms with Crippen molar-refractivity contribution in [2.24, 2.45) is 0 Å². The fourth-order valence-corrected chi connectivity index (χ4v) is 1.66. The number of hydrogen-bond acceptors (Lipinski definition) is 3. The van der Waals surface area contributed by atoms with Crippen molar-refractivity contribution in [2.75, 3.05) is 20.8 Å². The van der Waals surface area contributed by atoms with Gasteiger partial charge in [0.2, 0.25) is 0 Å². The van der Waals surface area contributed by atoms with Crippen LogP contribution in [0.25, 0.3) is 0 Å². The van der Waals surface area contributed by atoms with E-state index in [0.717, 1.165) is 0 Å². The highest BCUT2D eigenvalue weighted by Crippen LogP contribution is 2.27. The van der Waals surface area contributed by atoms with Gasteiger partial charge in [-0.05, 0) is 25.5 Å². The van der Waals surface area contributed by atoms with Crippen molar-refractivity contribution in [3.63, 3.8) is 0 Å². The van der Waals surface area contributed by atoms with E-state index in [1.54, 1.807) is 18.2 Å². The molecule has 18 heavy (non-hydrogen) atoms. The molecule has 4 nitrogen and oxygen atoms in total. The van der Waals surface area contributed by atoms with Gasteiger partial charge in [0, 0.05) is 11.9 Å². The summed E-state index contributed by atoms with van der Waals surface area (Å²) in [5.74, 6) is 0.762. The maximum absolute atomic E-state index is 12.1. The molecular formula is C13H18ClNO3. The molecule has 0 radical (unpaired) electrons. The topological polar surface area (TPSA) is 47.6 Å². The van der Waals surface area contributed by atoms with Crippen LogP contribution in [0.1, 0.15) is 23.7 Å². The summed E-state index contributed by atoms with van der Waals surface area (Å²) in [6, 6.07) is 5.22. The lowest BCUT2D eigenvalue weighted by atomic mass is 10.1. The second-order valence-electron chi connectivity index (χ2n) is 3.86. The predicted molar refractivity (Wildman–Crippen MR) is 71.8 cm³/mol. The van der Waals surface area contributed by atoms with Gasteiger partial charge in [0.25, 0.3) is 5.91 Å². The van der Waals surface area contributed by atoms with Crippen molar-refractivity contribution >= 4 is 17.5 Å². The lowest BCUT2D eigenvalue weighted by Crippen LogP contribution is -2.26. The molecule has 0 spiro atoms. The van der Waals surface area contributed by atoms with Crippen LogP contribution in [0.3, 0.4) is 0 Å². The molecular weight excluding hydrogens is 254 g/mol. The van der Waals surface area contributed by atoms with E-state index in [1.165, 1.54) is 14.2 Å². The first-order valence-electron chi connectivity index (χ1n) is 5.73. The molecule has 0 aliphatic rings. The Morgan fingerprint density at radius 2 is 1.89 bits per heavy atom. The van der Waals surface area contributed by atoms with Gasteiger partial charge in [0.05, 0.1) is 14.2 Å². The minimum absolute atomic E-state index is 0.0323. The van der Waals surface area contributed by atoms with Gasteiger partial charge in [0.15, 0.2) is 0 Å². The van der Waals surface area contributed by atoms with Crippen LogP contribution in [0.4, 0.5) is 0 Å². The largest absolute Gasteiger partial charge is 0.496 e. The Bertz CT molecular complexity index is 385. The molecule has 0 saturated heterocycles. The average Bonchev–Trinajstić information content (AvgIpc) is 2.36. The van der Waals surface area contributed by atoms with Gasteiger partial charge in [0.1, 0.15) is 17.1 Å². The lowest BCUT2D eigenvalue weighted by Gasteiger charge is -2.13. The van der Waals surface area contributed by atoms with Gasteiger partial charge < -0.3 is 14.8 Å². The molecule has 1 atom stereocenters. The average molecular weight is 272 g/mol. The van der Waals surface area contributed by atoms with Crippen LogP contribution in [0.2, 0.25) is 0 Å². The molecule has 0 heterocycles. The van der Waals surface area contributed by atoms with Crippen molar-refractivity contribution in [3.8, 4) is 11.5 Å². The Hall–Kier alpha value is -1.42. The Morgan fingerprint density at radius 3 is 2.33 bits per heavy atom. The zero-order valence-electron chi connectivity index (χ0n) is 10.8. The van der Waals surface area contributed by atoms with Gasteiger partial charge in [-0.15, -0.1) is 11.6 Å². The van der Waals surface area contributed by atoms with E-state index in [-0.39, 0.29) is 11.3 Å². The molecule has 1 N–H and O–H groups in total. The van der Waals surface area contributed by atoms with Crippen LogP contribution in [0.5, 0.6) is 11.5 Å². The SMILES string of the molecule is COc1cccc(OC)c1C(=O)NCCC(C)Cl. The quantitative estimate of drug-likeness (QED) is 0.809. The Morgan fingerprint density at radius 1 is 1.33 bits per heavy atom. The summed E-state index contributed by atoms with van der Waals surface area (Å²) in [5.41, 5.74) is 0.407. The molecule has 0 saturated carbocycles. The molecule has 0 bridgehead atoms. The summed E-state index contributed by atoms with van der Waals surface area (Å²) in [7, 11) is 3.04. The minimum atomic E-state index is -0.221. The molecule has 0 aromatic heterocycles. The smallest absolute Gasteiger partial charge is 0.258 e. The van der Waals surface area contributed by atoms with Crippen LogP contribution in [-0.4, -0.2) is 32.0 Å². The normalized spacial score (nSPS) is 11.8. The number of rotatable bonds is 6. The van der Waals surface area contributed by atoms with E-state index in [2.05, 4.69) is 5.32 Å². The fourth-order valence-electron chi connectivity index (χ4n) is 1.55. The van der Waals surface area contributed by atoms with E-state index in [4.69, 9.17) is 21.1 Å². The third kappa shape index (κ3) is 3.81. The van der Waals surface area contributed by atoms with E-state index < -0.39 is 0 Å². The van der Waals surface area contributed by atoms with Crippen LogP contribution in [0, 0.1) is 0 Å². The fraction of sp³-hybridized carbons (Fsp3) is 0.462. The minimum Gasteiger partial charge on any atom is -0.496 e. The third-order valence-electron chi connectivity index (χ3n) is 2.48. The van der Waals surface area contributed by atoms with Crippen LogP contribution >= 0.6 is 11.6 Å². The number of methoxy groups -OCH3 is 2. The Kier molecular flexibility index (Phi) is 5.78. The summed E-state index contributed by atoms with van der Waals surface area (Å²) in [5, 5.41) is 2.83. The van der Waals surface area contributed by atoms with E-state index >= 15 is 0 Å². The van der Waals surface area contributed by atoms with Gasteiger partial charge >= 0.3 is 0 Å². The number of hydrogen-bond donors (Lipinski definition) is 1. The number of carbonyl (C=O) groups is 1. The van der Waals surface area contributed by atoms with Gasteiger partial charge in [-0.25, -0.2) is 0 Å². The number of halogens is 1. The van der Waals surface area contributed by atoms with Crippen molar-refractivity contribution < 1.29 is 14.3 Å². The monoisotopic (exact) mass is 271 g/mol. The zero-order valence-corrected chi connectivity index (χ0v) is 11.6. The molecule has 1 aromatic rings. The Balaban J connectivity index is 2.83. The summed E-state index contributed by atoms with van der Waals surface area (Å²) < 4.78 is 10.3. The number of ether oxygens (including phenoxy) is 2. The number of alkyl halides is 1. The summed E-state index contributed by atoms with van der Waals surface area (Å²) >= 11 is 5.82. The zero-order chi connectivity index (χ0) is 13.5. The first kappa shape index (κ1) is 14.6. The van der Waals surface area contributed by atoms with Gasteiger partial charge in [-0.3, -0.25) is 4.79 Å². The molecule has 0 fully saturated rings. The first-order valence-corrected chi connectivity index (χ1v) is 6.17. The van der Waals surface area contributed by atoms with E-state index in [9.17, 15) is 4.79 Å². The predicted octanol–water partition coefficient (Wildman–Crippen LogP) is 2.45. The highest BCUT2D eigenvalue weighted by Gasteiger charge is 2.17. The molecule has 1 aromatic carbocycles. The molecule has 1 amide bonds. The summed E-state index contributed by atoms with van der Waals surface area (Å²) in [4.78, 5) is 12.1. The summed E-state index contributed by atoms with van der Waals surface area (Å²) in [6.45, 7) is 2.40. The van der Waals surface area contributed by atoms with E-state index in [1.807, 2.05) is 6.92 Å². The van der Waals surface area contributed by atoms with E-state index in [0.29, 0.717) is 30.0 Å². The molecule has 1 unspecified atom stereocenters.